The standard InChI is InChI=1S/C82H54F2N2/c83-60-39-45-63(46-40-60)85(65-49-51-69-67-29-17-19-35-75(67)81(77(69)53-65,56-21-5-1-6-22-56)57-23-7-2-8-24-57)62-43-37-55(38-44-62)79-71-31-13-15-33-73(71)80(74-34-16-14-32-72(74)79)86(64-47-41-61(84)42-48-64)66-50-52-70-68-30-18-20-36-76(68)82(78(70)54-66,58-25-9-3-10-26-58)59-27-11-4-12-28-59/h1-54H. The fourth-order valence-electron chi connectivity index (χ4n) is 14.6. The Labute approximate surface area is 499 Å². The van der Waals surface area contributed by atoms with E-state index in [-0.39, 0.29) is 11.6 Å². The second-order valence-corrected chi connectivity index (χ2v) is 22.5. The molecule has 0 atom stereocenters. The van der Waals surface area contributed by atoms with E-state index < -0.39 is 10.8 Å². The van der Waals surface area contributed by atoms with Gasteiger partial charge in [-0.2, -0.15) is 0 Å². The molecule has 0 amide bonds. The van der Waals surface area contributed by atoms with Crippen LogP contribution in [0.4, 0.5) is 42.9 Å². The van der Waals surface area contributed by atoms with Crippen LogP contribution in [-0.4, -0.2) is 0 Å². The van der Waals surface area contributed by atoms with Crippen LogP contribution in [0, 0.1) is 11.6 Å². The van der Waals surface area contributed by atoms with Gasteiger partial charge in [-0.05, 0) is 174 Å². The van der Waals surface area contributed by atoms with Crippen LogP contribution in [0.1, 0.15) is 44.5 Å². The highest BCUT2D eigenvalue weighted by atomic mass is 19.1. The number of benzene rings is 14. The van der Waals surface area contributed by atoms with Gasteiger partial charge in [0, 0.05) is 39.2 Å². The summed E-state index contributed by atoms with van der Waals surface area (Å²) in [5.41, 5.74) is 20.7. The summed E-state index contributed by atoms with van der Waals surface area (Å²) in [6, 6.07) is 115. The van der Waals surface area contributed by atoms with Crippen molar-refractivity contribution in [3.05, 3.63) is 384 Å². The third kappa shape index (κ3) is 7.76. The van der Waals surface area contributed by atoms with Crippen LogP contribution in [0.2, 0.25) is 0 Å². The van der Waals surface area contributed by atoms with Crippen molar-refractivity contribution in [2.75, 3.05) is 9.80 Å². The van der Waals surface area contributed by atoms with Gasteiger partial charge in [0.2, 0.25) is 0 Å². The number of fused-ring (bicyclic) bond motifs is 8. The summed E-state index contributed by atoms with van der Waals surface area (Å²) in [4.78, 5) is 4.58. The summed E-state index contributed by atoms with van der Waals surface area (Å²) >= 11 is 0. The zero-order valence-electron chi connectivity index (χ0n) is 46.8. The van der Waals surface area contributed by atoms with Gasteiger partial charge in [0.05, 0.1) is 16.5 Å². The van der Waals surface area contributed by atoms with Crippen molar-refractivity contribution in [2.24, 2.45) is 0 Å². The summed E-state index contributed by atoms with van der Waals surface area (Å²) in [7, 11) is 0. The Kier molecular flexibility index (Phi) is 12.1. The minimum Gasteiger partial charge on any atom is -0.310 e. The number of rotatable bonds is 11. The van der Waals surface area contributed by atoms with Gasteiger partial charge in [0.1, 0.15) is 11.6 Å². The third-order valence-corrected chi connectivity index (χ3v) is 18.1. The monoisotopic (exact) mass is 1100 g/mol. The Hall–Kier alpha value is -10.9. The maximum absolute atomic E-state index is 15.2. The minimum atomic E-state index is -0.632. The number of hydrogen-bond acceptors (Lipinski definition) is 2. The molecule has 16 rings (SSSR count). The molecular formula is C82H54F2N2. The largest absolute Gasteiger partial charge is 0.310 e. The molecule has 0 aromatic heterocycles. The van der Waals surface area contributed by atoms with Gasteiger partial charge >= 0.3 is 0 Å². The van der Waals surface area contributed by atoms with Gasteiger partial charge in [0.15, 0.2) is 0 Å². The molecule has 0 unspecified atom stereocenters. The van der Waals surface area contributed by atoms with Gasteiger partial charge in [-0.3, -0.25) is 0 Å². The van der Waals surface area contributed by atoms with Crippen molar-refractivity contribution in [1.82, 2.24) is 0 Å². The molecular weight excluding hydrogens is 1050 g/mol. The van der Waals surface area contributed by atoms with Crippen LogP contribution in [0.5, 0.6) is 0 Å². The van der Waals surface area contributed by atoms with Gasteiger partial charge in [0.25, 0.3) is 0 Å². The molecule has 14 aromatic carbocycles. The molecule has 0 bridgehead atoms. The maximum atomic E-state index is 15.2. The molecule has 2 aliphatic carbocycles. The molecule has 2 aliphatic rings. The van der Waals surface area contributed by atoms with E-state index >= 15 is 4.39 Å². The minimum absolute atomic E-state index is 0.296. The van der Waals surface area contributed by atoms with Crippen molar-refractivity contribution >= 4 is 55.7 Å². The van der Waals surface area contributed by atoms with Crippen molar-refractivity contribution in [1.29, 1.82) is 0 Å². The second-order valence-electron chi connectivity index (χ2n) is 22.5. The van der Waals surface area contributed by atoms with Crippen LogP contribution in [0.3, 0.4) is 0 Å². The van der Waals surface area contributed by atoms with Gasteiger partial charge in [-0.15, -0.1) is 0 Å². The van der Waals surface area contributed by atoms with E-state index in [0.29, 0.717) is 0 Å². The van der Waals surface area contributed by atoms with E-state index in [1.54, 1.807) is 12.1 Å². The van der Waals surface area contributed by atoms with Crippen molar-refractivity contribution in [3.8, 4) is 33.4 Å². The number of anilines is 6. The van der Waals surface area contributed by atoms with Crippen LogP contribution in [0.25, 0.3) is 54.9 Å². The van der Waals surface area contributed by atoms with E-state index in [0.717, 1.165) is 66.8 Å². The molecule has 0 radical (unpaired) electrons. The molecule has 14 aromatic rings. The topological polar surface area (TPSA) is 6.48 Å². The summed E-state index contributed by atoms with van der Waals surface area (Å²) in [5.74, 6) is -0.596. The lowest BCUT2D eigenvalue weighted by molar-refractivity contribution is 0.627. The normalized spacial score (nSPS) is 13.2. The Bertz CT molecular complexity index is 4740. The zero-order chi connectivity index (χ0) is 57.3. The van der Waals surface area contributed by atoms with E-state index in [4.69, 9.17) is 0 Å². The Morgan fingerprint density at radius 1 is 0.233 bits per heavy atom. The highest BCUT2D eigenvalue weighted by molar-refractivity contribution is 6.22. The molecule has 0 aliphatic heterocycles. The second kappa shape index (κ2) is 20.4. The molecule has 0 saturated heterocycles. The molecule has 406 valence electrons. The fraction of sp³-hybridized carbons (Fsp3) is 0.0244. The zero-order valence-corrected chi connectivity index (χ0v) is 46.8. The van der Waals surface area contributed by atoms with Crippen LogP contribution >= 0.6 is 0 Å². The first-order valence-electron chi connectivity index (χ1n) is 29.4. The van der Waals surface area contributed by atoms with E-state index in [2.05, 4.69) is 289 Å². The lowest BCUT2D eigenvalue weighted by atomic mass is 9.67. The summed E-state index contributed by atoms with van der Waals surface area (Å²) < 4.78 is 30.2. The lowest BCUT2D eigenvalue weighted by Gasteiger charge is -2.35. The van der Waals surface area contributed by atoms with Gasteiger partial charge < -0.3 is 9.80 Å². The number of halogens is 2. The smallest absolute Gasteiger partial charge is 0.123 e. The molecule has 0 N–H and O–H groups in total. The van der Waals surface area contributed by atoms with E-state index in [1.807, 2.05) is 24.3 Å². The van der Waals surface area contributed by atoms with Gasteiger partial charge in [-0.25, -0.2) is 8.78 Å². The van der Waals surface area contributed by atoms with E-state index in [1.165, 1.54) is 78.9 Å². The van der Waals surface area contributed by atoms with Crippen molar-refractivity contribution in [3.63, 3.8) is 0 Å². The highest BCUT2D eigenvalue weighted by Gasteiger charge is 2.48. The van der Waals surface area contributed by atoms with Crippen molar-refractivity contribution in [2.45, 2.75) is 10.8 Å². The first-order valence-corrected chi connectivity index (χ1v) is 29.4. The molecule has 2 nitrogen and oxygen atoms in total. The predicted octanol–water partition coefficient (Wildman–Crippen LogP) is 21.6. The SMILES string of the molecule is Fc1ccc(N(c2ccc(-c3c4ccccc4c(N(c4ccc(F)cc4)c4ccc5c(c4)C(c4ccccc4)(c4ccccc4)c4ccccc4-5)c4ccccc34)cc2)c2ccc3c(c2)C(c2ccccc2)(c2ccccc2)c2ccccc2-3)cc1. The molecule has 0 fully saturated rings. The maximum Gasteiger partial charge on any atom is 0.123 e. The average Bonchev–Trinajstić information content (AvgIpc) is 1.66. The lowest BCUT2D eigenvalue weighted by Crippen LogP contribution is -2.28. The quantitative estimate of drug-likeness (QED) is 0.119. The predicted molar refractivity (Wildman–Crippen MR) is 351 cm³/mol. The first-order chi connectivity index (χ1) is 42.5. The molecule has 86 heavy (non-hydrogen) atoms. The first kappa shape index (κ1) is 50.8. The summed E-state index contributed by atoms with van der Waals surface area (Å²) in [6.07, 6.45) is 0. The molecule has 0 spiro atoms. The molecule has 0 saturated carbocycles. The Morgan fingerprint density at radius 2 is 0.535 bits per heavy atom. The third-order valence-electron chi connectivity index (χ3n) is 18.1. The van der Waals surface area contributed by atoms with Crippen LogP contribution in [-0.2, 0) is 10.8 Å². The summed E-state index contributed by atoms with van der Waals surface area (Å²) in [5, 5.41) is 4.24. The summed E-state index contributed by atoms with van der Waals surface area (Å²) in [6.45, 7) is 0. The molecule has 4 heteroatoms. The number of nitrogens with zero attached hydrogens (tertiary/aromatic N) is 2. The fourth-order valence-corrected chi connectivity index (χ4v) is 14.6. The Morgan fingerprint density at radius 3 is 0.942 bits per heavy atom. The van der Waals surface area contributed by atoms with Crippen LogP contribution in [0.15, 0.2) is 328 Å². The average molecular weight is 1110 g/mol. The highest BCUT2D eigenvalue weighted by Crippen LogP contribution is 2.60. The molecule has 0 heterocycles. The van der Waals surface area contributed by atoms with Crippen molar-refractivity contribution < 1.29 is 8.78 Å². The number of hydrogen-bond donors (Lipinski definition) is 0. The Balaban J connectivity index is 0.875. The van der Waals surface area contributed by atoms with Crippen LogP contribution < -0.4 is 9.80 Å². The van der Waals surface area contributed by atoms with E-state index in [9.17, 15) is 4.39 Å². The van der Waals surface area contributed by atoms with Gasteiger partial charge in [-0.1, -0.05) is 243 Å².